The Morgan fingerprint density at radius 1 is 0.880 bits per heavy atom. The highest BCUT2D eigenvalue weighted by molar-refractivity contribution is 6.09. The first-order valence-corrected chi connectivity index (χ1v) is 8.24. The minimum Gasteiger partial charge on any atom is -0.459 e. The van der Waals surface area contributed by atoms with E-state index in [9.17, 15) is 0 Å². The van der Waals surface area contributed by atoms with Crippen molar-refractivity contribution >= 4 is 21.8 Å². The van der Waals surface area contributed by atoms with Gasteiger partial charge in [0.1, 0.15) is 0 Å². The maximum Gasteiger partial charge on any atom is 0.283 e. The van der Waals surface area contributed by atoms with Crippen LogP contribution < -0.4 is 0 Å². The summed E-state index contributed by atoms with van der Waals surface area (Å²) in [4.78, 5) is 0. The monoisotopic (exact) mass is 329 g/mol. The van der Waals surface area contributed by atoms with Gasteiger partial charge in [-0.15, -0.1) is 10.2 Å². The van der Waals surface area contributed by atoms with Gasteiger partial charge in [0.25, 0.3) is 5.89 Å². The molecule has 5 rings (SSSR count). The third kappa shape index (κ3) is 2.09. The molecule has 0 saturated heterocycles. The number of aryl methyl sites for hydroxylation is 1. The van der Waals surface area contributed by atoms with Gasteiger partial charge in [-0.2, -0.15) is 0 Å². The molecule has 0 aliphatic carbocycles. The molecular weight excluding hydrogens is 314 g/mol. The number of nitrogens with zero attached hydrogens (tertiary/aromatic N) is 3. The highest BCUT2D eigenvalue weighted by Gasteiger charge is 2.15. The minimum atomic E-state index is 0.385. The van der Waals surface area contributed by atoms with Crippen molar-refractivity contribution in [1.29, 1.82) is 0 Å². The SMILES string of the molecule is CCn1c2ccccc2c2cc(-c3nnc(-c4ccco4)o3)ccc21. The summed E-state index contributed by atoms with van der Waals surface area (Å²) in [6.07, 6.45) is 1.59. The van der Waals surface area contributed by atoms with Crippen LogP contribution in [0.1, 0.15) is 6.92 Å². The average molecular weight is 329 g/mol. The van der Waals surface area contributed by atoms with Crippen LogP contribution in [-0.4, -0.2) is 14.8 Å². The van der Waals surface area contributed by atoms with Gasteiger partial charge in [0.15, 0.2) is 5.76 Å². The molecule has 0 unspecified atom stereocenters. The molecule has 0 fully saturated rings. The molecule has 0 amide bonds. The van der Waals surface area contributed by atoms with Gasteiger partial charge in [-0.25, -0.2) is 0 Å². The van der Waals surface area contributed by atoms with Gasteiger partial charge in [-0.1, -0.05) is 18.2 Å². The Morgan fingerprint density at radius 2 is 1.72 bits per heavy atom. The number of aromatic nitrogens is 3. The van der Waals surface area contributed by atoms with E-state index in [0.717, 1.165) is 12.1 Å². The molecule has 25 heavy (non-hydrogen) atoms. The van der Waals surface area contributed by atoms with Crippen molar-refractivity contribution < 1.29 is 8.83 Å². The number of rotatable bonds is 3. The number of furan rings is 1. The lowest BCUT2D eigenvalue weighted by molar-refractivity contribution is 0.523. The fourth-order valence-corrected chi connectivity index (χ4v) is 3.37. The zero-order chi connectivity index (χ0) is 16.8. The van der Waals surface area contributed by atoms with Gasteiger partial charge in [-0.05, 0) is 43.3 Å². The Kier molecular flexibility index (Phi) is 3.00. The van der Waals surface area contributed by atoms with Crippen molar-refractivity contribution in [3.63, 3.8) is 0 Å². The third-order valence-corrected chi connectivity index (χ3v) is 4.49. The predicted octanol–water partition coefficient (Wildman–Crippen LogP) is 5.12. The molecule has 5 aromatic rings. The predicted molar refractivity (Wildman–Crippen MR) is 96.1 cm³/mol. The Labute approximate surface area is 143 Å². The van der Waals surface area contributed by atoms with Crippen molar-refractivity contribution in [2.24, 2.45) is 0 Å². The van der Waals surface area contributed by atoms with E-state index in [4.69, 9.17) is 8.83 Å². The molecule has 3 heterocycles. The van der Waals surface area contributed by atoms with Crippen LogP contribution in [0.25, 0.3) is 44.9 Å². The van der Waals surface area contributed by atoms with Crippen LogP contribution in [0.4, 0.5) is 0 Å². The standard InChI is InChI=1S/C20H15N3O2/c1-2-23-16-7-4-3-6-14(16)15-12-13(9-10-17(15)23)19-21-22-20(25-19)18-8-5-11-24-18/h3-12H,2H2,1H3. The normalized spacial score (nSPS) is 11.6. The third-order valence-electron chi connectivity index (χ3n) is 4.49. The van der Waals surface area contributed by atoms with Gasteiger partial charge in [0.2, 0.25) is 5.89 Å². The second-order valence-electron chi connectivity index (χ2n) is 5.88. The molecule has 0 spiro atoms. The van der Waals surface area contributed by atoms with Gasteiger partial charge < -0.3 is 13.4 Å². The maximum atomic E-state index is 5.79. The van der Waals surface area contributed by atoms with E-state index in [1.54, 1.807) is 18.4 Å². The molecular formula is C20H15N3O2. The first kappa shape index (κ1) is 14.0. The van der Waals surface area contributed by atoms with Crippen molar-refractivity contribution in [1.82, 2.24) is 14.8 Å². The first-order valence-electron chi connectivity index (χ1n) is 8.24. The largest absolute Gasteiger partial charge is 0.459 e. The molecule has 0 radical (unpaired) electrons. The summed E-state index contributed by atoms with van der Waals surface area (Å²) in [5.74, 6) is 1.44. The first-order chi connectivity index (χ1) is 12.3. The summed E-state index contributed by atoms with van der Waals surface area (Å²) in [6, 6.07) is 18.3. The van der Waals surface area contributed by atoms with Crippen molar-refractivity contribution in [2.75, 3.05) is 0 Å². The summed E-state index contributed by atoms with van der Waals surface area (Å²) in [6.45, 7) is 3.08. The highest BCUT2D eigenvalue weighted by atomic mass is 16.4. The molecule has 122 valence electrons. The van der Waals surface area contributed by atoms with Crippen LogP contribution in [-0.2, 0) is 6.54 Å². The number of para-hydroxylation sites is 1. The van der Waals surface area contributed by atoms with Crippen LogP contribution in [0.15, 0.2) is 69.7 Å². The lowest BCUT2D eigenvalue weighted by atomic mass is 10.1. The lowest BCUT2D eigenvalue weighted by Crippen LogP contribution is -1.92. The number of hydrogen-bond acceptors (Lipinski definition) is 4. The molecule has 2 aromatic carbocycles. The van der Waals surface area contributed by atoms with E-state index in [1.165, 1.54) is 21.8 Å². The summed E-state index contributed by atoms with van der Waals surface area (Å²) in [5, 5.41) is 10.7. The second kappa shape index (κ2) is 5.34. The van der Waals surface area contributed by atoms with Crippen molar-refractivity contribution in [3.05, 3.63) is 60.9 Å². The average Bonchev–Trinajstić information content (AvgIpc) is 3.39. The Balaban J connectivity index is 1.69. The topological polar surface area (TPSA) is 57.0 Å². The van der Waals surface area contributed by atoms with Crippen LogP contribution in [0.5, 0.6) is 0 Å². The molecule has 0 saturated carbocycles. The van der Waals surface area contributed by atoms with E-state index >= 15 is 0 Å². The molecule has 3 aromatic heterocycles. The fraction of sp³-hybridized carbons (Fsp3) is 0.100. The molecule has 0 aliphatic heterocycles. The minimum absolute atomic E-state index is 0.385. The van der Waals surface area contributed by atoms with Crippen LogP contribution in [0, 0.1) is 0 Å². The van der Waals surface area contributed by atoms with E-state index in [2.05, 4.69) is 58.1 Å². The zero-order valence-electron chi connectivity index (χ0n) is 13.6. The lowest BCUT2D eigenvalue weighted by Gasteiger charge is -2.02. The molecule has 5 nitrogen and oxygen atoms in total. The van der Waals surface area contributed by atoms with E-state index in [1.807, 2.05) is 6.07 Å². The van der Waals surface area contributed by atoms with Crippen LogP contribution >= 0.6 is 0 Å². The Morgan fingerprint density at radius 3 is 2.56 bits per heavy atom. The summed E-state index contributed by atoms with van der Waals surface area (Å²) in [7, 11) is 0. The quantitative estimate of drug-likeness (QED) is 0.461. The van der Waals surface area contributed by atoms with E-state index in [0.29, 0.717) is 17.5 Å². The van der Waals surface area contributed by atoms with Crippen molar-refractivity contribution in [2.45, 2.75) is 13.5 Å². The number of hydrogen-bond donors (Lipinski definition) is 0. The van der Waals surface area contributed by atoms with Crippen molar-refractivity contribution in [3.8, 4) is 23.1 Å². The fourth-order valence-electron chi connectivity index (χ4n) is 3.37. The summed E-state index contributed by atoms with van der Waals surface area (Å²) in [5.41, 5.74) is 3.34. The molecule has 0 N–H and O–H groups in total. The number of benzene rings is 2. The highest BCUT2D eigenvalue weighted by Crippen LogP contribution is 2.33. The van der Waals surface area contributed by atoms with E-state index < -0.39 is 0 Å². The van der Waals surface area contributed by atoms with Gasteiger partial charge in [0.05, 0.1) is 6.26 Å². The van der Waals surface area contributed by atoms with E-state index in [-0.39, 0.29) is 0 Å². The molecule has 0 bridgehead atoms. The number of fused-ring (bicyclic) bond motifs is 3. The van der Waals surface area contributed by atoms with Gasteiger partial charge in [-0.3, -0.25) is 0 Å². The summed E-state index contributed by atoms with van der Waals surface area (Å²) >= 11 is 0. The van der Waals surface area contributed by atoms with Crippen LogP contribution in [0.3, 0.4) is 0 Å². The van der Waals surface area contributed by atoms with Crippen LogP contribution in [0.2, 0.25) is 0 Å². The maximum absolute atomic E-state index is 5.79. The molecule has 0 aliphatic rings. The Hall–Kier alpha value is -3.34. The Bertz CT molecular complexity index is 1180. The molecule has 0 atom stereocenters. The second-order valence-corrected chi connectivity index (χ2v) is 5.88. The van der Waals surface area contributed by atoms with Gasteiger partial charge in [0, 0.05) is 33.9 Å². The van der Waals surface area contributed by atoms with Gasteiger partial charge >= 0.3 is 0 Å². The molecule has 5 heteroatoms. The summed E-state index contributed by atoms with van der Waals surface area (Å²) < 4.78 is 13.4. The smallest absolute Gasteiger partial charge is 0.283 e. The zero-order valence-corrected chi connectivity index (χ0v) is 13.6.